The van der Waals surface area contributed by atoms with Crippen LogP contribution < -0.4 is 11.1 Å². The Labute approximate surface area is 79.5 Å². The molecule has 0 heterocycles. The smallest absolute Gasteiger partial charge is 0.251 e. The summed E-state index contributed by atoms with van der Waals surface area (Å²) in [5.74, 6) is -0.367. The summed E-state index contributed by atoms with van der Waals surface area (Å²) in [6.07, 6.45) is 0. The van der Waals surface area contributed by atoms with Crippen LogP contribution in [0, 0.1) is 5.41 Å². The maximum absolute atomic E-state index is 11.2. The van der Waals surface area contributed by atoms with E-state index in [1.165, 1.54) is 13.8 Å². The second-order valence-electron chi connectivity index (χ2n) is 4.61. The normalized spacial score (nSPS) is 12.8. The highest BCUT2D eigenvalue weighted by atomic mass is 16.3. The van der Waals surface area contributed by atoms with Crippen LogP contribution in [0.2, 0.25) is 0 Å². The minimum Gasteiger partial charge on any atom is -0.381 e. The molecule has 0 aromatic rings. The Balaban J connectivity index is 3.98. The van der Waals surface area contributed by atoms with Gasteiger partial charge >= 0.3 is 0 Å². The third kappa shape index (κ3) is 4.85. The molecule has 0 saturated carbocycles. The molecule has 4 N–H and O–H groups in total. The van der Waals surface area contributed by atoms with E-state index in [0.29, 0.717) is 13.1 Å². The molecule has 0 aromatic heterocycles. The molecule has 0 unspecified atom stereocenters. The minimum absolute atomic E-state index is 0.124. The van der Waals surface area contributed by atoms with Gasteiger partial charge in [-0.25, -0.2) is 0 Å². The van der Waals surface area contributed by atoms with Crippen molar-refractivity contribution in [1.29, 1.82) is 0 Å². The average molecular weight is 188 g/mol. The highest BCUT2D eigenvalue weighted by Gasteiger charge is 2.25. The fourth-order valence-electron chi connectivity index (χ4n) is 0.608. The van der Waals surface area contributed by atoms with Gasteiger partial charge in [0.15, 0.2) is 0 Å². The third-order valence-corrected chi connectivity index (χ3v) is 1.84. The molecule has 0 saturated heterocycles. The van der Waals surface area contributed by atoms with Crippen LogP contribution in [0.4, 0.5) is 0 Å². The Morgan fingerprint density at radius 2 is 1.85 bits per heavy atom. The van der Waals surface area contributed by atoms with E-state index in [1.54, 1.807) is 0 Å². The summed E-state index contributed by atoms with van der Waals surface area (Å²) in [6, 6.07) is 0. The monoisotopic (exact) mass is 188 g/mol. The van der Waals surface area contributed by atoms with Crippen molar-refractivity contribution in [2.75, 3.05) is 13.1 Å². The molecule has 0 fully saturated rings. The number of aliphatic hydroxyl groups is 1. The van der Waals surface area contributed by atoms with Crippen molar-refractivity contribution in [1.82, 2.24) is 5.32 Å². The molecule has 13 heavy (non-hydrogen) atoms. The fourth-order valence-corrected chi connectivity index (χ4v) is 0.608. The zero-order valence-electron chi connectivity index (χ0n) is 8.85. The van der Waals surface area contributed by atoms with Crippen LogP contribution in [0.15, 0.2) is 0 Å². The van der Waals surface area contributed by atoms with Gasteiger partial charge in [-0.15, -0.1) is 0 Å². The largest absolute Gasteiger partial charge is 0.381 e. The number of carbonyl (C=O) groups excluding carboxylic acids is 1. The van der Waals surface area contributed by atoms with E-state index in [4.69, 9.17) is 5.73 Å². The lowest BCUT2D eigenvalue weighted by molar-refractivity contribution is -0.136. The summed E-state index contributed by atoms with van der Waals surface area (Å²) in [4.78, 5) is 11.2. The summed E-state index contributed by atoms with van der Waals surface area (Å²) in [7, 11) is 0. The predicted molar refractivity (Wildman–Crippen MR) is 52.1 cm³/mol. The van der Waals surface area contributed by atoms with Crippen molar-refractivity contribution in [3.63, 3.8) is 0 Å². The molecule has 0 aliphatic heterocycles. The number of nitrogens with one attached hydrogen (secondary N) is 1. The van der Waals surface area contributed by atoms with Crippen molar-refractivity contribution in [3.8, 4) is 0 Å². The molecule has 0 bridgehead atoms. The van der Waals surface area contributed by atoms with Crippen molar-refractivity contribution >= 4 is 5.91 Å². The van der Waals surface area contributed by atoms with Crippen LogP contribution in [0.5, 0.6) is 0 Å². The van der Waals surface area contributed by atoms with Crippen LogP contribution in [-0.4, -0.2) is 29.7 Å². The van der Waals surface area contributed by atoms with Crippen molar-refractivity contribution in [2.45, 2.75) is 33.3 Å². The molecule has 0 aliphatic carbocycles. The first-order chi connectivity index (χ1) is 5.69. The third-order valence-electron chi connectivity index (χ3n) is 1.84. The van der Waals surface area contributed by atoms with Gasteiger partial charge in [0, 0.05) is 6.54 Å². The molecule has 0 atom stereocenters. The van der Waals surface area contributed by atoms with Crippen molar-refractivity contribution in [3.05, 3.63) is 0 Å². The lowest BCUT2D eigenvalue weighted by atomic mass is 9.93. The van der Waals surface area contributed by atoms with Crippen LogP contribution in [0.3, 0.4) is 0 Å². The lowest BCUT2D eigenvalue weighted by Crippen LogP contribution is -2.46. The molecule has 0 aromatic carbocycles. The van der Waals surface area contributed by atoms with Gasteiger partial charge in [-0.1, -0.05) is 13.8 Å². The molecule has 78 valence electrons. The molecular weight excluding hydrogens is 168 g/mol. The van der Waals surface area contributed by atoms with Crippen LogP contribution in [0.1, 0.15) is 27.7 Å². The summed E-state index contributed by atoms with van der Waals surface area (Å²) in [5, 5.41) is 12.0. The van der Waals surface area contributed by atoms with E-state index >= 15 is 0 Å². The lowest BCUT2D eigenvalue weighted by Gasteiger charge is -2.25. The van der Waals surface area contributed by atoms with Gasteiger partial charge in [0.25, 0.3) is 5.91 Å². The number of carbonyl (C=O) groups is 1. The molecule has 4 heteroatoms. The SMILES string of the molecule is CC(C)(CN)CNC(=O)C(C)(C)O. The maximum atomic E-state index is 11.2. The Morgan fingerprint density at radius 3 is 2.15 bits per heavy atom. The van der Waals surface area contributed by atoms with E-state index in [-0.39, 0.29) is 11.3 Å². The van der Waals surface area contributed by atoms with Gasteiger partial charge in [-0.05, 0) is 25.8 Å². The number of hydrogen-bond acceptors (Lipinski definition) is 3. The van der Waals surface area contributed by atoms with Gasteiger partial charge in [0.05, 0.1) is 0 Å². The Morgan fingerprint density at radius 1 is 1.38 bits per heavy atom. The van der Waals surface area contributed by atoms with Gasteiger partial charge in [-0.2, -0.15) is 0 Å². The molecule has 0 radical (unpaired) electrons. The number of nitrogens with two attached hydrogens (primary N) is 1. The zero-order chi connectivity index (χ0) is 10.7. The summed E-state index contributed by atoms with van der Waals surface area (Å²) >= 11 is 0. The second kappa shape index (κ2) is 4.07. The van der Waals surface area contributed by atoms with E-state index < -0.39 is 5.60 Å². The first kappa shape index (κ1) is 12.4. The Hall–Kier alpha value is -0.610. The molecular formula is C9H20N2O2. The predicted octanol–water partition coefficient (Wildman–Crippen LogP) is -0.142. The summed E-state index contributed by atoms with van der Waals surface area (Å²) in [5.41, 5.74) is 4.05. The van der Waals surface area contributed by atoms with Gasteiger partial charge in [-0.3, -0.25) is 4.79 Å². The van der Waals surface area contributed by atoms with E-state index in [0.717, 1.165) is 0 Å². The molecule has 4 nitrogen and oxygen atoms in total. The van der Waals surface area contributed by atoms with Crippen LogP contribution in [-0.2, 0) is 4.79 Å². The highest BCUT2D eigenvalue weighted by Crippen LogP contribution is 2.11. The number of amides is 1. The van der Waals surface area contributed by atoms with Crippen molar-refractivity contribution < 1.29 is 9.90 Å². The minimum atomic E-state index is -1.31. The van der Waals surface area contributed by atoms with E-state index in [1.807, 2.05) is 13.8 Å². The second-order valence-corrected chi connectivity index (χ2v) is 4.61. The first-order valence-corrected chi connectivity index (χ1v) is 4.40. The number of hydrogen-bond donors (Lipinski definition) is 3. The average Bonchev–Trinajstić information content (AvgIpc) is 1.98. The van der Waals surface area contributed by atoms with E-state index in [9.17, 15) is 9.90 Å². The molecule has 0 rings (SSSR count). The zero-order valence-corrected chi connectivity index (χ0v) is 8.85. The molecule has 0 aliphatic rings. The van der Waals surface area contributed by atoms with Gasteiger partial charge in [0.2, 0.25) is 0 Å². The summed E-state index contributed by atoms with van der Waals surface area (Å²) in [6.45, 7) is 7.80. The molecule has 1 amide bonds. The van der Waals surface area contributed by atoms with Gasteiger partial charge < -0.3 is 16.2 Å². The van der Waals surface area contributed by atoms with Crippen molar-refractivity contribution in [2.24, 2.45) is 11.1 Å². The Bertz CT molecular complexity index is 183. The Kier molecular flexibility index (Phi) is 3.88. The quantitative estimate of drug-likeness (QED) is 0.574. The van der Waals surface area contributed by atoms with E-state index in [2.05, 4.69) is 5.32 Å². The summed E-state index contributed by atoms with van der Waals surface area (Å²) < 4.78 is 0. The topological polar surface area (TPSA) is 75.3 Å². The molecule has 0 spiro atoms. The number of rotatable bonds is 4. The fraction of sp³-hybridized carbons (Fsp3) is 0.889. The first-order valence-electron chi connectivity index (χ1n) is 4.40. The standard InChI is InChI=1S/C9H20N2O2/c1-8(2,5-10)6-11-7(12)9(3,4)13/h13H,5-6,10H2,1-4H3,(H,11,12). The maximum Gasteiger partial charge on any atom is 0.251 e. The van der Waals surface area contributed by atoms with Crippen LogP contribution >= 0.6 is 0 Å². The highest BCUT2D eigenvalue weighted by molar-refractivity contribution is 5.83. The van der Waals surface area contributed by atoms with Gasteiger partial charge in [0.1, 0.15) is 5.60 Å². The van der Waals surface area contributed by atoms with Crippen LogP contribution in [0.25, 0.3) is 0 Å².